The van der Waals surface area contributed by atoms with Crippen LogP contribution in [-0.4, -0.2) is 43.1 Å². The van der Waals surface area contributed by atoms with Crippen LogP contribution in [0.5, 0.6) is 5.75 Å². The molecule has 1 aromatic carbocycles. The average Bonchev–Trinajstić information content (AvgIpc) is 3.12. The van der Waals surface area contributed by atoms with E-state index >= 15 is 0 Å². The fourth-order valence-corrected chi connectivity index (χ4v) is 4.81. The van der Waals surface area contributed by atoms with Gasteiger partial charge in [0.1, 0.15) is 11.5 Å². The minimum Gasteiger partial charge on any atom is -0.497 e. The lowest BCUT2D eigenvalue weighted by Crippen LogP contribution is -2.35. The van der Waals surface area contributed by atoms with Gasteiger partial charge in [0, 0.05) is 25.2 Å². The van der Waals surface area contributed by atoms with Crippen LogP contribution in [0.15, 0.2) is 34.9 Å². The lowest BCUT2D eigenvalue weighted by Gasteiger charge is -2.27. The van der Waals surface area contributed by atoms with E-state index in [1.165, 1.54) is 0 Å². The highest BCUT2D eigenvalue weighted by atomic mass is 32.2. The summed E-state index contributed by atoms with van der Waals surface area (Å²) in [6.07, 6.45) is 0.662. The fourth-order valence-electron chi connectivity index (χ4n) is 3.04. The number of methoxy groups -OCH3 is 1. The van der Waals surface area contributed by atoms with Crippen LogP contribution in [0.1, 0.15) is 23.4 Å². The zero-order valence-electron chi connectivity index (χ0n) is 13.9. The summed E-state index contributed by atoms with van der Waals surface area (Å²) in [5.74, 6) is 2.03. The van der Waals surface area contributed by atoms with E-state index < -0.39 is 9.84 Å². The summed E-state index contributed by atoms with van der Waals surface area (Å²) < 4.78 is 34.0. The number of ether oxygens (including phenoxy) is 1. The molecule has 7 heteroatoms. The SMILES string of the molecule is COc1ccc(CN(Cc2cc(C)on2)C2CCS(=O)(=O)C2)cc1. The number of sulfone groups is 1. The van der Waals surface area contributed by atoms with Crippen molar-refractivity contribution in [3.63, 3.8) is 0 Å². The number of aryl methyl sites for hydroxylation is 1. The van der Waals surface area contributed by atoms with Crippen molar-refractivity contribution in [3.05, 3.63) is 47.3 Å². The molecule has 0 amide bonds. The second kappa shape index (κ2) is 6.94. The summed E-state index contributed by atoms with van der Waals surface area (Å²) >= 11 is 0. The Balaban J connectivity index is 1.78. The van der Waals surface area contributed by atoms with E-state index in [4.69, 9.17) is 9.26 Å². The number of rotatable bonds is 6. The van der Waals surface area contributed by atoms with Gasteiger partial charge in [0.25, 0.3) is 0 Å². The number of hydrogen-bond acceptors (Lipinski definition) is 6. The van der Waals surface area contributed by atoms with Crippen molar-refractivity contribution in [2.24, 2.45) is 0 Å². The van der Waals surface area contributed by atoms with Crippen molar-refractivity contribution >= 4 is 9.84 Å². The van der Waals surface area contributed by atoms with E-state index in [9.17, 15) is 8.42 Å². The van der Waals surface area contributed by atoms with Crippen LogP contribution >= 0.6 is 0 Å². The van der Waals surface area contributed by atoms with Crippen molar-refractivity contribution in [2.45, 2.75) is 32.5 Å². The molecule has 0 radical (unpaired) electrons. The molecule has 1 saturated heterocycles. The molecule has 0 bridgehead atoms. The van der Waals surface area contributed by atoms with Crippen LogP contribution in [0, 0.1) is 6.92 Å². The predicted molar refractivity (Wildman–Crippen MR) is 90.5 cm³/mol. The Morgan fingerprint density at radius 2 is 2.04 bits per heavy atom. The van der Waals surface area contributed by atoms with Gasteiger partial charge in [-0.3, -0.25) is 4.90 Å². The van der Waals surface area contributed by atoms with Gasteiger partial charge in [-0.1, -0.05) is 17.3 Å². The van der Waals surface area contributed by atoms with Crippen LogP contribution in [0.2, 0.25) is 0 Å². The van der Waals surface area contributed by atoms with Crippen LogP contribution in [-0.2, 0) is 22.9 Å². The summed E-state index contributed by atoms with van der Waals surface area (Å²) in [6, 6.07) is 9.74. The molecule has 1 unspecified atom stereocenters. The molecule has 1 atom stereocenters. The van der Waals surface area contributed by atoms with E-state index in [1.807, 2.05) is 37.3 Å². The number of benzene rings is 1. The summed E-state index contributed by atoms with van der Waals surface area (Å²) in [4.78, 5) is 2.17. The Morgan fingerprint density at radius 3 is 2.58 bits per heavy atom. The summed E-state index contributed by atoms with van der Waals surface area (Å²) in [6.45, 7) is 3.09. The second-order valence-corrected chi connectivity index (χ2v) is 8.47. The molecule has 0 N–H and O–H groups in total. The normalized spacial score (nSPS) is 19.7. The Hall–Kier alpha value is -1.86. The first kappa shape index (κ1) is 17.0. The molecule has 1 aromatic heterocycles. The third kappa shape index (κ3) is 4.15. The maximum absolute atomic E-state index is 11.9. The summed E-state index contributed by atoms with van der Waals surface area (Å²) in [5, 5.41) is 4.05. The van der Waals surface area contributed by atoms with Gasteiger partial charge in [-0.05, 0) is 31.0 Å². The van der Waals surface area contributed by atoms with Crippen molar-refractivity contribution < 1.29 is 17.7 Å². The van der Waals surface area contributed by atoms with Gasteiger partial charge in [0.15, 0.2) is 9.84 Å². The van der Waals surface area contributed by atoms with Crippen LogP contribution in [0.4, 0.5) is 0 Å². The highest BCUT2D eigenvalue weighted by Gasteiger charge is 2.32. The third-order valence-corrected chi connectivity index (χ3v) is 6.06. The standard InChI is InChI=1S/C17H22N2O4S/c1-13-9-15(18-23-13)11-19(16-7-8-24(20,21)12-16)10-14-3-5-17(22-2)6-4-14/h3-6,9,16H,7-8,10-12H2,1-2H3. The minimum atomic E-state index is -2.94. The van der Waals surface area contributed by atoms with Crippen molar-refractivity contribution in [3.8, 4) is 5.75 Å². The van der Waals surface area contributed by atoms with E-state index in [2.05, 4.69) is 10.1 Å². The summed E-state index contributed by atoms with van der Waals surface area (Å²) in [7, 11) is -1.30. The predicted octanol–water partition coefficient (Wildman–Crippen LogP) is 2.18. The second-order valence-electron chi connectivity index (χ2n) is 6.24. The Labute approximate surface area is 142 Å². The largest absolute Gasteiger partial charge is 0.497 e. The molecule has 130 valence electrons. The van der Waals surface area contributed by atoms with Crippen LogP contribution in [0.25, 0.3) is 0 Å². The van der Waals surface area contributed by atoms with Gasteiger partial charge in [-0.15, -0.1) is 0 Å². The lowest BCUT2D eigenvalue weighted by molar-refractivity contribution is 0.188. The van der Waals surface area contributed by atoms with Crippen LogP contribution in [0.3, 0.4) is 0 Å². The highest BCUT2D eigenvalue weighted by molar-refractivity contribution is 7.91. The van der Waals surface area contributed by atoms with Crippen molar-refractivity contribution in [1.29, 1.82) is 0 Å². The first-order valence-electron chi connectivity index (χ1n) is 7.95. The van der Waals surface area contributed by atoms with E-state index in [1.54, 1.807) is 7.11 Å². The maximum Gasteiger partial charge on any atom is 0.151 e. The van der Waals surface area contributed by atoms with Crippen molar-refractivity contribution in [2.75, 3.05) is 18.6 Å². The Morgan fingerprint density at radius 1 is 1.29 bits per heavy atom. The lowest BCUT2D eigenvalue weighted by atomic mass is 10.1. The van der Waals surface area contributed by atoms with Gasteiger partial charge < -0.3 is 9.26 Å². The van der Waals surface area contributed by atoms with E-state index in [-0.39, 0.29) is 17.5 Å². The molecule has 0 aliphatic carbocycles. The monoisotopic (exact) mass is 350 g/mol. The van der Waals surface area contributed by atoms with Gasteiger partial charge in [-0.2, -0.15) is 0 Å². The number of hydrogen-bond donors (Lipinski definition) is 0. The third-order valence-electron chi connectivity index (χ3n) is 4.31. The quantitative estimate of drug-likeness (QED) is 0.795. The average molecular weight is 350 g/mol. The molecule has 1 aliphatic rings. The maximum atomic E-state index is 11.9. The first-order chi connectivity index (χ1) is 11.4. The Bertz CT molecular complexity index is 783. The summed E-state index contributed by atoms with van der Waals surface area (Å²) in [5.41, 5.74) is 1.94. The molecule has 1 aliphatic heterocycles. The van der Waals surface area contributed by atoms with E-state index in [0.717, 1.165) is 22.8 Å². The molecular formula is C17H22N2O4S. The molecule has 1 fully saturated rings. The van der Waals surface area contributed by atoms with Crippen LogP contribution < -0.4 is 4.74 Å². The highest BCUT2D eigenvalue weighted by Crippen LogP contribution is 2.23. The zero-order valence-corrected chi connectivity index (χ0v) is 14.8. The minimum absolute atomic E-state index is 0.00843. The molecular weight excluding hydrogens is 328 g/mol. The molecule has 2 heterocycles. The topological polar surface area (TPSA) is 72.6 Å². The van der Waals surface area contributed by atoms with Gasteiger partial charge in [0.05, 0.1) is 24.3 Å². The molecule has 0 saturated carbocycles. The smallest absolute Gasteiger partial charge is 0.151 e. The number of nitrogens with zero attached hydrogens (tertiary/aromatic N) is 2. The first-order valence-corrected chi connectivity index (χ1v) is 9.77. The van der Waals surface area contributed by atoms with Gasteiger partial charge in [0.2, 0.25) is 0 Å². The number of aromatic nitrogens is 1. The molecule has 24 heavy (non-hydrogen) atoms. The van der Waals surface area contributed by atoms with Gasteiger partial charge in [-0.25, -0.2) is 8.42 Å². The molecule has 2 aromatic rings. The molecule has 3 rings (SSSR count). The van der Waals surface area contributed by atoms with E-state index in [0.29, 0.717) is 19.5 Å². The zero-order chi connectivity index (χ0) is 17.2. The van der Waals surface area contributed by atoms with Gasteiger partial charge >= 0.3 is 0 Å². The fraction of sp³-hybridized carbons (Fsp3) is 0.471. The van der Waals surface area contributed by atoms with Crippen molar-refractivity contribution in [1.82, 2.24) is 10.1 Å². The molecule has 6 nitrogen and oxygen atoms in total. The Kier molecular flexibility index (Phi) is 4.91. The molecule has 0 spiro atoms.